The monoisotopic (exact) mass is 278 g/mol. The lowest BCUT2D eigenvalue weighted by Crippen LogP contribution is -2.12. The van der Waals surface area contributed by atoms with Gasteiger partial charge in [0.15, 0.2) is 0 Å². The molecular formula is C12H11BrN2O. The van der Waals surface area contributed by atoms with Crippen molar-refractivity contribution in [3.63, 3.8) is 0 Å². The summed E-state index contributed by atoms with van der Waals surface area (Å²) < 4.78 is 5.43. The second kappa shape index (κ2) is 4.01. The number of hydrogen-bond donors (Lipinski definition) is 0. The number of aromatic nitrogens is 2. The summed E-state index contributed by atoms with van der Waals surface area (Å²) in [5, 5.41) is 7.90. The van der Waals surface area contributed by atoms with E-state index in [9.17, 15) is 0 Å². The molecule has 0 saturated heterocycles. The molecule has 4 heteroatoms. The van der Waals surface area contributed by atoms with Gasteiger partial charge in [0, 0.05) is 21.8 Å². The summed E-state index contributed by atoms with van der Waals surface area (Å²) in [5.74, 6) is 1.12. The fourth-order valence-corrected chi connectivity index (χ4v) is 2.53. The molecule has 1 aliphatic rings. The summed E-state index contributed by atoms with van der Waals surface area (Å²) in [6, 6.07) is 8.58. The van der Waals surface area contributed by atoms with Gasteiger partial charge < -0.3 is 4.42 Å². The molecule has 3 rings (SSSR count). The van der Waals surface area contributed by atoms with Crippen LogP contribution in [0.15, 0.2) is 33.5 Å². The highest BCUT2D eigenvalue weighted by molar-refractivity contribution is 9.10. The van der Waals surface area contributed by atoms with Gasteiger partial charge in [0.05, 0.1) is 0 Å². The van der Waals surface area contributed by atoms with Gasteiger partial charge in [-0.2, -0.15) is 0 Å². The van der Waals surface area contributed by atoms with Crippen molar-refractivity contribution in [1.29, 1.82) is 0 Å². The summed E-state index contributed by atoms with van der Waals surface area (Å²) in [6.07, 6.45) is 3.19. The van der Waals surface area contributed by atoms with E-state index in [1.54, 1.807) is 0 Å². The number of benzene rings is 1. The third-order valence-corrected chi connectivity index (χ3v) is 3.43. The molecule has 1 aromatic heterocycles. The largest absolute Gasteiger partial charge is 0.415 e. The molecule has 0 radical (unpaired) electrons. The van der Waals surface area contributed by atoms with Crippen LogP contribution in [0.5, 0.6) is 0 Å². The lowest BCUT2D eigenvalue weighted by Gasteiger charge is -2.21. The Morgan fingerprint density at radius 2 is 2.00 bits per heavy atom. The van der Waals surface area contributed by atoms with Gasteiger partial charge in [0.2, 0.25) is 5.89 Å². The maximum Gasteiger partial charge on any atom is 0.284 e. The Hall–Kier alpha value is -1.16. The first kappa shape index (κ1) is 10.0. The number of halogens is 1. The van der Waals surface area contributed by atoms with Crippen LogP contribution in [-0.2, 0) is 12.8 Å². The molecule has 1 aromatic carbocycles. The molecule has 2 aromatic rings. The van der Waals surface area contributed by atoms with Crippen LogP contribution in [0.2, 0.25) is 0 Å². The highest BCUT2D eigenvalue weighted by Gasteiger charge is 2.23. The standard InChI is InChI=1S/C12H11BrN2O/c13-12-15-14-11(16-12)10-6-5-8-3-1-2-4-9(8)7-10/h1-4,10H,5-7H2. The molecule has 16 heavy (non-hydrogen) atoms. The number of hydrogen-bond acceptors (Lipinski definition) is 3. The highest BCUT2D eigenvalue weighted by Crippen LogP contribution is 2.32. The Balaban J connectivity index is 1.88. The lowest BCUT2D eigenvalue weighted by molar-refractivity contribution is 0.406. The van der Waals surface area contributed by atoms with Crippen molar-refractivity contribution in [1.82, 2.24) is 10.2 Å². The van der Waals surface area contributed by atoms with Gasteiger partial charge >= 0.3 is 0 Å². The highest BCUT2D eigenvalue weighted by atomic mass is 79.9. The summed E-state index contributed by atoms with van der Waals surface area (Å²) in [7, 11) is 0. The molecule has 0 bridgehead atoms. The first-order valence-corrected chi connectivity index (χ1v) is 6.18. The second-order valence-corrected chi connectivity index (χ2v) is 4.78. The van der Waals surface area contributed by atoms with E-state index in [0.717, 1.165) is 25.2 Å². The Labute approximate surface area is 102 Å². The number of aryl methyl sites for hydroxylation is 1. The second-order valence-electron chi connectivity index (χ2n) is 4.10. The molecule has 0 amide bonds. The minimum absolute atomic E-state index is 0.369. The van der Waals surface area contributed by atoms with Crippen LogP contribution in [-0.4, -0.2) is 10.2 Å². The fourth-order valence-electron chi connectivity index (χ4n) is 2.29. The minimum Gasteiger partial charge on any atom is -0.415 e. The van der Waals surface area contributed by atoms with E-state index >= 15 is 0 Å². The van der Waals surface area contributed by atoms with Crippen LogP contribution in [0.25, 0.3) is 0 Å². The smallest absolute Gasteiger partial charge is 0.284 e. The van der Waals surface area contributed by atoms with Crippen molar-refractivity contribution in [2.45, 2.75) is 25.2 Å². The van der Waals surface area contributed by atoms with Gasteiger partial charge in [-0.15, -0.1) is 10.2 Å². The summed E-state index contributed by atoms with van der Waals surface area (Å²) >= 11 is 3.19. The van der Waals surface area contributed by atoms with Gasteiger partial charge in [0.1, 0.15) is 0 Å². The van der Waals surface area contributed by atoms with Crippen LogP contribution in [0.3, 0.4) is 0 Å². The molecule has 1 heterocycles. The van der Waals surface area contributed by atoms with Crippen molar-refractivity contribution < 1.29 is 4.42 Å². The molecule has 0 spiro atoms. The molecule has 0 saturated carbocycles. The summed E-state index contributed by atoms with van der Waals surface area (Å²) in [5.41, 5.74) is 2.87. The number of nitrogens with zero attached hydrogens (tertiary/aromatic N) is 2. The predicted octanol–water partition coefficient (Wildman–Crippen LogP) is 3.10. The van der Waals surface area contributed by atoms with Gasteiger partial charge in [0.25, 0.3) is 4.80 Å². The van der Waals surface area contributed by atoms with Gasteiger partial charge in [-0.05, 0) is 30.4 Å². The van der Waals surface area contributed by atoms with E-state index in [2.05, 4.69) is 50.4 Å². The van der Waals surface area contributed by atoms with Crippen molar-refractivity contribution in [3.8, 4) is 0 Å². The average Bonchev–Trinajstić information content (AvgIpc) is 2.75. The van der Waals surface area contributed by atoms with Crippen LogP contribution < -0.4 is 0 Å². The normalized spacial score (nSPS) is 19.4. The van der Waals surface area contributed by atoms with E-state index in [4.69, 9.17) is 4.42 Å². The molecule has 0 N–H and O–H groups in total. The minimum atomic E-state index is 0.369. The van der Waals surface area contributed by atoms with Crippen molar-refractivity contribution in [3.05, 3.63) is 46.1 Å². The number of fused-ring (bicyclic) bond motifs is 1. The topological polar surface area (TPSA) is 38.9 Å². The average molecular weight is 279 g/mol. The number of rotatable bonds is 1. The van der Waals surface area contributed by atoms with Gasteiger partial charge in [-0.1, -0.05) is 24.3 Å². The van der Waals surface area contributed by atoms with E-state index < -0.39 is 0 Å². The molecule has 1 unspecified atom stereocenters. The maximum atomic E-state index is 5.43. The summed E-state index contributed by atoms with van der Waals surface area (Å²) in [4.78, 5) is 0.473. The fraction of sp³-hybridized carbons (Fsp3) is 0.333. The Bertz CT molecular complexity index is 509. The van der Waals surface area contributed by atoms with Gasteiger partial charge in [-0.25, -0.2) is 0 Å². The zero-order valence-electron chi connectivity index (χ0n) is 8.69. The molecule has 0 aliphatic heterocycles. The zero-order chi connectivity index (χ0) is 11.0. The van der Waals surface area contributed by atoms with Crippen LogP contribution in [0.4, 0.5) is 0 Å². The molecule has 1 aliphatic carbocycles. The van der Waals surface area contributed by atoms with E-state index in [-0.39, 0.29) is 0 Å². The van der Waals surface area contributed by atoms with E-state index in [0.29, 0.717) is 10.7 Å². The molecule has 82 valence electrons. The zero-order valence-corrected chi connectivity index (χ0v) is 10.3. The van der Waals surface area contributed by atoms with Crippen LogP contribution in [0, 0.1) is 0 Å². The lowest BCUT2D eigenvalue weighted by atomic mass is 9.84. The van der Waals surface area contributed by atoms with Crippen molar-refractivity contribution in [2.75, 3.05) is 0 Å². The predicted molar refractivity (Wildman–Crippen MR) is 63.2 cm³/mol. The quantitative estimate of drug-likeness (QED) is 0.805. The summed E-state index contributed by atoms with van der Waals surface area (Å²) in [6.45, 7) is 0. The third-order valence-electron chi connectivity index (χ3n) is 3.11. The van der Waals surface area contributed by atoms with Gasteiger partial charge in [-0.3, -0.25) is 0 Å². The van der Waals surface area contributed by atoms with Crippen molar-refractivity contribution >= 4 is 15.9 Å². The Morgan fingerprint density at radius 1 is 1.19 bits per heavy atom. The Morgan fingerprint density at radius 3 is 2.75 bits per heavy atom. The first-order valence-electron chi connectivity index (χ1n) is 5.38. The first-order chi connectivity index (χ1) is 7.83. The van der Waals surface area contributed by atoms with Crippen LogP contribution >= 0.6 is 15.9 Å². The third kappa shape index (κ3) is 1.78. The molecule has 0 fully saturated rings. The van der Waals surface area contributed by atoms with E-state index in [1.165, 1.54) is 11.1 Å². The molecule has 1 atom stereocenters. The maximum absolute atomic E-state index is 5.43. The van der Waals surface area contributed by atoms with E-state index in [1.807, 2.05) is 0 Å². The molecular weight excluding hydrogens is 268 g/mol. The van der Waals surface area contributed by atoms with Crippen LogP contribution in [0.1, 0.15) is 29.4 Å². The Kier molecular flexibility index (Phi) is 2.52. The SMILES string of the molecule is Brc1nnc(C2CCc3ccccc3C2)o1. The molecule has 3 nitrogen and oxygen atoms in total. The van der Waals surface area contributed by atoms with Crippen molar-refractivity contribution in [2.24, 2.45) is 0 Å².